The summed E-state index contributed by atoms with van der Waals surface area (Å²) in [6, 6.07) is 4.79. The zero-order valence-corrected chi connectivity index (χ0v) is 11.6. The van der Waals surface area contributed by atoms with Crippen LogP contribution in [0.5, 0.6) is 0 Å². The van der Waals surface area contributed by atoms with Gasteiger partial charge in [0.1, 0.15) is 0 Å². The molecule has 1 unspecified atom stereocenters. The highest BCUT2D eigenvalue weighted by atomic mass is 15.2. The van der Waals surface area contributed by atoms with Gasteiger partial charge in [-0.1, -0.05) is 19.9 Å². The summed E-state index contributed by atoms with van der Waals surface area (Å²) >= 11 is 0. The van der Waals surface area contributed by atoms with Crippen molar-refractivity contribution in [3.05, 3.63) is 30.1 Å². The lowest BCUT2D eigenvalue weighted by atomic mass is 10.0. The Balaban J connectivity index is 1.79. The summed E-state index contributed by atoms with van der Waals surface area (Å²) in [6.45, 7) is 9.20. The molecular formula is C15H25N3. The largest absolute Gasteiger partial charge is 0.311 e. The Kier molecular flexibility index (Phi) is 5.14. The van der Waals surface area contributed by atoms with E-state index in [1.54, 1.807) is 0 Å². The van der Waals surface area contributed by atoms with Gasteiger partial charge in [0.15, 0.2) is 0 Å². The first-order valence-corrected chi connectivity index (χ1v) is 7.11. The predicted molar refractivity (Wildman–Crippen MR) is 75.4 cm³/mol. The van der Waals surface area contributed by atoms with Crippen LogP contribution in [0, 0.1) is 5.92 Å². The number of hydrogen-bond acceptors (Lipinski definition) is 3. The lowest BCUT2D eigenvalue weighted by Gasteiger charge is -2.31. The van der Waals surface area contributed by atoms with Gasteiger partial charge < -0.3 is 5.32 Å². The highest BCUT2D eigenvalue weighted by molar-refractivity contribution is 5.07. The number of rotatable bonds is 6. The SMILES string of the molecule is CC(C)C(CNCc1cccnc1)N1CCCC1. The number of likely N-dealkylation sites (tertiary alicyclic amines) is 1. The highest BCUT2D eigenvalue weighted by Gasteiger charge is 2.23. The molecule has 1 aliphatic heterocycles. The Labute approximate surface area is 111 Å². The summed E-state index contributed by atoms with van der Waals surface area (Å²) in [6.07, 6.45) is 6.50. The zero-order chi connectivity index (χ0) is 12.8. The van der Waals surface area contributed by atoms with Crippen molar-refractivity contribution in [1.29, 1.82) is 0 Å². The van der Waals surface area contributed by atoms with Gasteiger partial charge in [0.2, 0.25) is 0 Å². The maximum atomic E-state index is 4.14. The molecule has 3 heteroatoms. The Hall–Kier alpha value is -0.930. The van der Waals surface area contributed by atoms with Crippen LogP contribution in [-0.4, -0.2) is 35.6 Å². The molecule has 1 aromatic heterocycles. The van der Waals surface area contributed by atoms with Crippen molar-refractivity contribution in [1.82, 2.24) is 15.2 Å². The van der Waals surface area contributed by atoms with Crippen LogP contribution in [0.25, 0.3) is 0 Å². The summed E-state index contributed by atoms with van der Waals surface area (Å²) in [4.78, 5) is 6.78. The van der Waals surface area contributed by atoms with Crippen molar-refractivity contribution in [2.45, 2.75) is 39.3 Å². The fourth-order valence-corrected chi connectivity index (χ4v) is 2.73. The molecule has 1 aromatic rings. The molecule has 0 saturated carbocycles. The zero-order valence-electron chi connectivity index (χ0n) is 11.6. The van der Waals surface area contributed by atoms with Crippen LogP contribution in [0.3, 0.4) is 0 Å². The molecule has 3 nitrogen and oxygen atoms in total. The smallest absolute Gasteiger partial charge is 0.0312 e. The van der Waals surface area contributed by atoms with Crippen LogP contribution in [0.4, 0.5) is 0 Å². The van der Waals surface area contributed by atoms with Crippen LogP contribution < -0.4 is 5.32 Å². The van der Waals surface area contributed by atoms with Gasteiger partial charge in [0, 0.05) is 31.5 Å². The number of nitrogens with one attached hydrogen (secondary N) is 1. The summed E-state index contributed by atoms with van der Waals surface area (Å²) < 4.78 is 0. The van der Waals surface area contributed by atoms with Crippen LogP contribution in [-0.2, 0) is 6.54 Å². The molecule has 1 saturated heterocycles. The fourth-order valence-electron chi connectivity index (χ4n) is 2.73. The maximum absolute atomic E-state index is 4.14. The molecule has 2 heterocycles. The van der Waals surface area contributed by atoms with E-state index < -0.39 is 0 Å². The average Bonchev–Trinajstić information content (AvgIpc) is 2.89. The molecule has 0 bridgehead atoms. The summed E-state index contributed by atoms with van der Waals surface area (Å²) in [5, 5.41) is 3.58. The van der Waals surface area contributed by atoms with Gasteiger partial charge in [-0.15, -0.1) is 0 Å². The molecule has 0 spiro atoms. The molecule has 1 aliphatic rings. The minimum atomic E-state index is 0.671. The Morgan fingerprint density at radius 1 is 1.33 bits per heavy atom. The first-order valence-electron chi connectivity index (χ1n) is 7.11. The molecule has 2 rings (SSSR count). The van der Waals surface area contributed by atoms with Crippen molar-refractivity contribution in [2.24, 2.45) is 5.92 Å². The topological polar surface area (TPSA) is 28.2 Å². The van der Waals surface area contributed by atoms with Gasteiger partial charge in [-0.25, -0.2) is 0 Å². The normalized spacial score (nSPS) is 18.4. The standard InChI is InChI=1S/C15H25N3/c1-13(2)15(18-8-3-4-9-18)12-17-11-14-6-5-7-16-10-14/h5-7,10,13,15,17H,3-4,8-9,11-12H2,1-2H3. The van der Waals surface area contributed by atoms with E-state index in [2.05, 4.69) is 35.1 Å². The van der Waals surface area contributed by atoms with Gasteiger partial charge >= 0.3 is 0 Å². The van der Waals surface area contributed by atoms with E-state index in [0.29, 0.717) is 12.0 Å². The number of aromatic nitrogens is 1. The first kappa shape index (κ1) is 13.5. The molecular weight excluding hydrogens is 222 g/mol. The minimum absolute atomic E-state index is 0.671. The second kappa shape index (κ2) is 6.86. The fraction of sp³-hybridized carbons (Fsp3) is 0.667. The monoisotopic (exact) mass is 247 g/mol. The van der Waals surface area contributed by atoms with Gasteiger partial charge in [-0.05, 0) is 43.5 Å². The average molecular weight is 247 g/mol. The summed E-state index contributed by atoms with van der Waals surface area (Å²) in [7, 11) is 0. The second-order valence-corrected chi connectivity index (χ2v) is 5.55. The second-order valence-electron chi connectivity index (χ2n) is 5.55. The third-order valence-electron chi connectivity index (χ3n) is 3.78. The molecule has 100 valence electrons. The molecule has 0 aliphatic carbocycles. The van der Waals surface area contributed by atoms with Gasteiger partial charge in [0.25, 0.3) is 0 Å². The van der Waals surface area contributed by atoms with Crippen LogP contribution in [0.2, 0.25) is 0 Å². The minimum Gasteiger partial charge on any atom is -0.311 e. The van der Waals surface area contributed by atoms with Crippen molar-refractivity contribution in [3.8, 4) is 0 Å². The Morgan fingerprint density at radius 3 is 2.72 bits per heavy atom. The first-order chi connectivity index (χ1) is 8.77. The quantitative estimate of drug-likeness (QED) is 0.836. The van der Waals surface area contributed by atoms with Crippen molar-refractivity contribution in [3.63, 3.8) is 0 Å². The van der Waals surface area contributed by atoms with Crippen LogP contribution in [0.1, 0.15) is 32.3 Å². The van der Waals surface area contributed by atoms with E-state index in [-0.39, 0.29) is 0 Å². The number of pyridine rings is 1. The Morgan fingerprint density at radius 2 is 2.11 bits per heavy atom. The highest BCUT2D eigenvalue weighted by Crippen LogP contribution is 2.17. The maximum Gasteiger partial charge on any atom is 0.0312 e. The third-order valence-corrected chi connectivity index (χ3v) is 3.78. The van der Waals surface area contributed by atoms with Crippen molar-refractivity contribution >= 4 is 0 Å². The summed E-state index contributed by atoms with van der Waals surface area (Å²) in [5.41, 5.74) is 1.27. The van der Waals surface area contributed by atoms with Crippen LogP contribution >= 0.6 is 0 Å². The lowest BCUT2D eigenvalue weighted by Crippen LogP contribution is -2.44. The molecule has 0 amide bonds. The molecule has 0 aromatic carbocycles. The van der Waals surface area contributed by atoms with Crippen molar-refractivity contribution in [2.75, 3.05) is 19.6 Å². The van der Waals surface area contributed by atoms with E-state index in [9.17, 15) is 0 Å². The predicted octanol–water partition coefficient (Wildman–Crippen LogP) is 2.29. The van der Waals surface area contributed by atoms with E-state index in [0.717, 1.165) is 13.1 Å². The van der Waals surface area contributed by atoms with E-state index in [1.165, 1.54) is 31.5 Å². The molecule has 1 fully saturated rings. The van der Waals surface area contributed by atoms with Crippen molar-refractivity contribution < 1.29 is 0 Å². The molecule has 0 radical (unpaired) electrons. The van der Waals surface area contributed by atoms with E-state index in [4.69, 9.17) is 0 Å². The molecule has 1 N–H and O–H groups in total. The molecule has 18 heavy (non-hydrogen) atoms. The molecule has 1 atom stereocenters. The number of hydrogen-bond donors (Lipinski definition) is 1. The lowest BCUT2D eigenvalue weighted by molar-refractivity contribution is 0.186. The van der Waals surface area contributed by atoms with E-state index in [1.807, 2.05) is 18.5 Å². The Bertz CT molecular complexity index is 331. The van der Waals surface area contributed by atoms with Gasteiger partial charge in [-0.3, -0.25) is 9.88 Å². The van der Waals surface area contributed by atoms with Gasteiger partial charge in [0.05, 0.1) is 0 Å². The number of nitrogens with zero attached hydrogens (tertiary/aromatic N) is 2. The van der Waals surface area contributed by atoms with Crippen LogP contribution in [0.15, 0.2) is 24.5 Å². The van der Waals surface area contributed by atoms with Gasteiger partial charge in [-0.2, -0.15) is 0 Å². The van der Waals surface area contributed by atoms with E-state index >= 15 is 0 Å². The summed E-state index contributed by atoms with van der Waals surface area (Å²) in [5.74, 6) is 0.712. The third kappa shape index (κ3) is 3.79.